The lowest BCUT2D eigenvalue weighted by Crippen LogP contribution is -2.36. The number of alkyl carbamates (subject to hydrolysis) is 1. The van der Waals surface area contributed by atoms with Crippen molar-refractivity contribution < 1.29 is 19.7 Å². The number of carbonyl (C=O) groups excluding carboxylic acids is 1. The minimum atomic E-state index is -1.19. The first-order valence-corrected chi connectivity index (χ1v) is 12.1. The third-order valence-corrected chi connectivity index (χ3v) is 7.04. The lowest BCUT2D eigenvalue weighted by atomic mass is 9.98. The molecule has 2 atom stereocenters. The zero-order valence-electron chi connectivity index (χ0n) is 19.5. The summed E-state index contributed by atoms with van der Waals surface area (Å²) >= 11 is 0. The van der Waals surface area contributed by atoms with Crippen LogP contribution in [0.15, 0.2) is 91.0 Å². The minimum Gasteiger partial charge on any atom is -0.449 e. The standard InChI is InChI=1S/C30H26N2O4/c33-28(29(34)18-13-14-27-24(15-18)23-11-5-6-12-26(23)32-27)16-31-30(35)36-17-25-21-9-3-1-7-19(21)20-8-2-4-10-22(20)25/h1-15,25,28-29,32-34H,16-17H2,(H,31,35). The second-order valence-corrected chi connectivity index (χ2v) is 9.19. The Balaban J connectivity index is 1.09. The summed E-state index contributed by atoms with van der Waals surface area (Å²) < 4.78 is 5.52. The van der Waals surface area contributed by atoms with Gasteiger partial charge in [0.1, 0.15) is 18.8 Å². The van der Waals surface area contributed by atoms with E-state index in [9.17, 15) is 15.0 Å². The van der Waals surface area contributed by atoms with Gasteiger partial charge in [0.2, 0.25) is 0 Å². The van der Waals surface area contributed by atoms with E-state index in [-0.39, 0.29) is 19.1 Å². The smallest absolute Gasteiger partial charge is 0.407 e. The van der Waals surface area contributed by atoms with Crippen LogP contribution in [0, 0.1) is 0 Å². The van der Waals surface area contributed by atoms with Gasteiger partial charge in [-0.15, -0.1) is 0 Å². The van der Waals surface area contributed by atoms with Crippen LogP contribution in [0.3, 0.4) is 0 Å². The number of aromatic nitrogens is 1. The molecule has 0 radical (unpaired) electrons. The van der Waals surface area contributed by atoms with Gasteiger partial charge in [-0.2, -0.15) is 0 Å². The fraction of sp³-hybridized carbons (Fsp3) is 0.167. The van der Waals surface area contributed by atoms with Crippen molar-refractivity contribution in [2.24, 2.45) is 0 Å². The van der Waals surface area contributed by atoms with Crippen molar-refractivity contribution >= 4 is 27.9 Å². The number of hydrogen-bond donors (Lipinski definition) is 4. The maximum absolute atomic E-state index is 12.4. The number of amides is 1. The largest absolute Gasteiger partial charge is 0.449 e. The normalized spacial score (nSPS) is 14.4. The van der Waals surface area contributed by atoms with E-state index in [2.05, 4.69) is 34.6 Å². The fourth-order valence-electron chi connectivity index (χ4n) is 5.22. The summed E-state index contributed by atoms with van der Waals surface area (Å²) in [7, 11) is 0. The number of aliphatic hydroxyl groups is 2. The second-order valence-electron chi connectivity index (χ2n) is 9.19. The number of H-pyrrole nitrogens is 1. The number of nitrogens with one attached hydrogen (secondary N) is 2. The zero-order valence-corrected chi connectivity index (χ0v) is 19.5. The second kappa shape index (κ2) is 9.15. The van der Waals surface area contributed by atoms with Gasteiger partial charge >= 0.3 is 6.09 Å². The van der Waals surface area contributed by atoms with Crippen molar-refractivity contribution in [2.45, 2.75) is 18.1 Å². The van der Waals surface area contributed by atoms with E-state index >= 15 is 0 Å². The van der Waals surface area contributed by atoms with Crippen LogP contribution < -0.4 is 5.32 Å². The SMILES string of the molecule is O=C(NCC(O)C(O)c1ccc2[nH]c3ccccc3c2c1)OCC1c2ccccc2-c2ccccc21. The summed E-state index contributed by atoms with van der Waals surface area (Å²) in [6, 6.07) is 29.8. The monoisotopic (exact) mass is 478 g/mol. The van der Waals surface area contributed by atoms with E-state index in [0.717, 1.165) is 44.1 Å². The van der Waals surface area contributed by atoms with Gasteiger partial charge in [-0.1, -0.05) is 72.8 Å². The first-order valence-electron chi connectivity index (χ1n) is 12.1. The van der Waals surface area contributed by atoms with E-state index in [0.29, 0.717) is 5.56 Å². The van der Waals surface area contributed by atoms with Gasteiger partial charge in [0, 0.05) is 34.3 Å². The zero-order chi connectivity index (χ0) is 24.6. The fourth-order valence-corrected chi connectivity index (χ4v) is 5.22. The van der Waals surface area contributed by atoms with Gasteiger partial charge in [-0.3, -0.25) is 0 Å². The number of benzene rings is 4. The molecule has 6 rings (SSSR count). The highest BCUT2D eigenvalue weighted by atomic mass is 16.5. The van der Waals surface area contributed by atoms with Crippen LogP contribution in [0.1, 0.15) is 28.7 Å². The third kappa shape index (κ3) is 3.90. The van der Waals surface area contributed by atoms with Crippen LogP contribution in [0.4, 0.5) is 4.79 Å². The van der Waals surface area contributed by atoms with Crippen LogP contribution in [-0.2, 0) is 4.74 Å². The van der Waals surface area contributed by atoms with Crippen molar-refractivity contribution in [1.82, 2.24) is 10.3 Å². The van der Waals surface area contributed by atoms with E-state index in [4.69, 9.17) is 4.74 Å². The van der Waals surface area contributed by atoms with Gasteiger partial charge in [0.05, 0.1) is 0 Å². The Morgan fingerprint density at radius 3 is 2.22 bits per heavy atom. The average Bonchev–Trinajstić information content (AvgIpc) is 3.45. The lowest BCUT2D eigenvalue weighted by molar-refractivity contribution is 0.0186. The predicted octanol–water partition coefficient (Wildman–Crippen LogP) is 5.25. The molecule has 0 saturated carbocycles. The summed E-state index contributed by atoms with van der Waals surface area (Å²) in [4.78, 5) is 15.8. The van der Waals surface area contributed by atoms with Gasteiger partial charge in [-0.25, -0.2) is 4.79 Å². The topological polar surface area (TPSA) is 94.6 Å². The molecular weight excluding hydrogens is 452 g/mol. The number of ether oxygens (including phenoxy) is 1. The first-order chi connectivity index (χ1) is 17.6. The van der Waals surface area contributed by atoms with Crippen LogP contribution in [0.5, 0.6) is 0 Å². The number of rotatable bonds is 6. The molecule has 2 unspecified atom stereocenters. The summed E-state index contributed by atoms with van der Waals surface area (Å²) in [5, 5.41) is 25.9. The number of para-hydroxylation sites is 1. The Hall–Kier alpha value is -4.13. The lowest BCUT2D eigenvalue weighted by Gasteiger charge is -2.19. The van der Waals surface area contributed by atoms with Crippen molar-refractivity contribution in [3.05, 3.63) is 108 Å². The first kappa shape index (κ1) is 22.3. The highest BCUT2D eigenvalue weighted by molar-refractivity contribution is 6.07. The van der Waals surface area contributed by atoms with E-state index in [1.54, 1.807) is 6.07 Å². The Morgan fingerprint density at radius 1 is 0.833 bits per heavy atom. The Kier molecular flexibility index (Phi) is 5.68. The molecule has 1 aliphatic rings. The molecule has 0 bridgehead atoms. The number of hydrogen-bond acceptors (Lipinski definition) is 4. The third-order valence-electron chi connectivity index (χ3n) is 7.04. The molecule has 4 N–H and O–H groups in total. The highest BCUT2D eigenvalue weighted by Crippen LogP contribution is 2.44. The molecule has 1 heterocycles. The molecule has 0 saturated heterocycles. The number of fused-ring (bicyclic) bond motifs is 6. The minimum absolute atomic E-state index is 0.0402. The Bertz CT molecular complexity index is 1530. The molecule has 0 aliphatic heterocycles. The molecule has 0 spiro atoms. The molecule has 180 valence electrons. The van der Waals surface area contributed by atoms with Gasteiger partial charge in [0.25, 0.3) is 0 Å². The molecule has 0 fully saturated rings. The van der Waals surface area contributed by atoms with Crippen molar-refractivity contribution in [2.75, 3.05) is 13.2 Å². The number of aromatic amines is 1. The van der Waals surface area contributed by atoms with Crippen LogP contribution in [0.25, 0.3) is 32.9 Å². The summed E-state index contributed by atoms with van der Waals surface area (Å²) in [6.45, 7) is 0.0551. The van der Waals surface area contributed by atoms with Crippen molar-refractivity contribution in [3.8, 4) is 11.1 Å². The number of aliphatic hydroxyl groups excluding tert-OH is 2. The highest BCUT2D eigenvalue weighted by Gasteiger charge is 2.29. The van der Waals surface area contributed by atoms with Crippen LogP contribution >= 0.6 is 0 Å². The van der Waals surface area contributed by atoms with Crippen molar-refractivity contribution in [1.29, 1.82) is 0 Å². The average molecular weight is 479 g/mol. The van der Waals surface area contributed by atoms with Crippen LogP contribution in [-0.4, -0.2) is 40.5 Å². The van der Waals surface area contributed by atoms with Gasteiger partial charge in [-0.05, 0) is 46.0 Å². The van der Waals surface area contributed by atoms with Crippen molar-refractivity contribution in [3.63, 3.8) is 0 Å². The quantitative estimate of drug-likeness (QED) is 0.268. The van der Waals surface area contributed by atoms with Gasteiger partial charge in [0.15, 0.2) is 0 Å². The predicted molar refractivity (Wildman–Crippen MR) is 140 cm³/mol. The summed E-state index contributed by atoms with van der Waals surface area (Å²) in [5.41, 5.74) is 7.13. The Morgan fingerprint density at radius 2 is 1.47 bits per heavy atom. The number of carbonyl (C=O) groups is 1. The molecule has 5 aromatic rings. The molecule has 1 aromatic heterocycles. The van der Waals surface area contributed by atoms with E-state index in [1.165, 1.54) is 0 Å². The summed E-state index contributed by atoms with van der Waals surface area (Å²) in [6.07, 6.45) is -2.97. The molecule has 6 nitrogen and oxygen atoms in total. The Labute approximate surface area is 208 Å². The molecule has 36 heavy (non-hydrogen) atoms. The molecule has 6 heteroatoms. The molecule has 1 amide bonds. The maximum Gasteiger partial charge on any atom is 0.407 e. The van der Waals surface area contributed by atoms with E-state index < -0.39 is 18.3 Å². The van der Waals surface area contributed by atoms with E-state index in [1.807, 2.05) is 60.7 Å². The van der Waals surface area contributed by atoms with Crippen LogP contribution in [0.2, 0.25) is 0 Å². The van der Waals surface area contributed by atoms with Gasteiger partial charge < -0.3 is 25.3 Å². The summed E-state index contributed by atoms with van der Waals surface area (Å²) in [5.74, 6) is -0.0402. The molecule has 1 aliphatic carbocycles. The molecule has 4 aromatic carbocycles. The maximum atomic E-state index is 12.4. The molecular formula is C30H26N2O4.